The SMILES string of the molecule is OC1CNC2CCCC12. The first-order valence-corrected chi connectivity index (χ1v) is 3.79. The van der Waals surface area contributed by atoms with Gasteiger partial charge in [0.25, 0.3) is 0 Å². The zero-order valence-electron chi connectivity index (χ0n) is 5.51. The zero-order chi connectivity index (χ0) is 6.27. The van der Waals surface area contributed by atoms with Crippen molar-refractivity contribution in [1.82, 2.24) is 5.32 Å². The second kappa shape index (κ2) is 1.96. The van der Waals surface area contributed by atoms with Crippen molar-refractivity contribution in [2.75, 3.05) is 6.54 Å². The van der Waals surface area contributed by atoms with Gasteiger partial charge in [-0.2, -0.15) is 0 Å². The summed E-state index contributed by atoms with van der Waals surface area (Å²) in [6.07, 6.45) is 3.78. The summed E-state index contributed by atoms with van der Waals surface area (Å²) in [4.78, 5) is 0. The summed E-state index contributed by atoms with van der Waals surface area (Å²) in [6.45, 7) is 0.829. The highest BCUT2D eigenvalue weighted by Crippen LogP contribution is 2.31. The topological polar surface area (TPSA) is 32.3 Å². The molecule has 0 bridgehead atoms. The van der Waals surface area contributed by atoms with Crippen LogP contribution in [0.4, 0.5) is 0 Å². The minimum Gasteiger partial charge on any atom is -0.391 e. The lowest BCUT2D eigenvalue weighted by Crippen LogP contribution is -2.21. The van der Waals surface area contributed by atoms with E-state index in [-0.39, 0.29) is 6.10 Å². The van der Waals surface area contributed by atoms with Gasteiger partial charge in [-0.15, -0.1) is 0 Å². The highest BCUT2D eigenvalue weighted by atomic mass is 16.3. The maximum absolute atomic E-state index is 9.34. The Morgan fingerprint density at radius 3 is 3.00 bits per heavy atom. The van der Waals surface area contributed by atoms with E-state index in [2.05, 4.69) is 5.32 Å². The molecule has 2 N–H and O–H groups in total. The molecular formula is C7H13NO. The lowest BCUT2D eigenvalue weighted by molar-refractivity contribution is 0.144. The lowest BCUT2D eigenvalue weighted by atomic mass is 10.0. The molecule has 2 rings (SSSR count). The number of rotatable bonds is 0. The molecule has 0 radical (unpaired) electrons. The average Bonchev–Trinajstić information content (AvgIpc) is 2.35. The van der Waals surface area contributed by atoms with Gasteiger partial charge in [0.05, 0.1) is 6.10 Å². The second-order valence-electron chi connectivity index (χ2n) is 3.18. The molecule has 2 heteroatoms. The molecule has 1 saturated heterocycles. The molecule has 0 aromatic carbocycles. The van der Waals surface area contributed by atoms with Crippen LogP contribution in [0, 0.1) is 5.92 Å². The zero-order valence-corrected chi connectivity index (χ0v) is 5.51. The van der Waals surface area contributed by atoms with Crippen molar-refractivity contribution in [3.8, 4) is 0 Å². The molecule has 0 aromatic heterocycles. The average molecular weight is 127 g/mol. The Morgan fingerprint density at radius 1 is 1.33 bits per heavy atom. The summed E-state index contributed by atoms with van der Waals surface area (Å²) >= 11 is 0. The highest BCUT2D eigenvalue weighted by molar-refractivity contribution is 4.94. The summed E-state index contributed by atoms with van der Waals surface area (Å²) in [5.41, 5.74) is 0. The first-order chi connectivity index (χ1) is 4.38. The van der Waals surface area contributed by atoms with Crippen LogP contribution < -0.4 is 5.32 Å². The first kappa shape index (κ1) is 5.69. The predicted molar refractivity (Wildman–Crippen MR) is 35.1 cm³/mol. The number of aliphatic hydroxyl groups is 1. The minimum absolute atomic E-state index is 0.0440. The summed E-state index contributed by atoms with van der Waals surface area (Å²) in [5.74, 6) is 0.588. The van der Waals surface area contributed by atoms with E-state index in [1.807, 2.05) is 0 Å². The smallest absolute Gasteiger partial charge is 0.0707 e. The molecule has 2 fully saturated rings. The molecular weight excluding hydrogens is 114 g/mol. The van der Waals surface area contributed by atoms with E-state index in [0.717, 1.165) is 6.54 Å². The number of hydrogen-bond acceptors (Lipinski definition) is 2. The quantitative estimate of drug-likeness (QED) is 0.484. The van der Waals surface area contributed by atoms with E-state index >= 15 is 0 Å². The Hall–Kier alpha value is -0.0800. The van der Waals surface area contributed by atoms with E-state index in [1.54, 1.807) is 0 Å². The van der Waals surface area contributed by atoms with Gasteiger partial charge in [-0.1, -0.05) is 6.42 Å². The summed E-state index contributed by atoms with van der Waals surface area (Å²) < 4.78 is 0. The summed E-state index contributed by atoms with van der Waals surface area (Å²) in [5, 5.41) is 12.7. The van der Waals surface area contributed by atoms with Crippen molar-refractivity contribution in [2.24, 2.45) is 5.92 Å². The molecule has 1 heterocycles. The van der Waals surface area contributed by atoms with E-state index in [4.69, 9.17) is 0 Å². The fourth-order valence-electron chi connectivity index (χ4n) is 2.13. The van der Waals surface area contributed by atoms with Gasteiger partial charge in [0, 0.05) is 18.5 Å². The van der Waals surface area contributed by atoms with Gasteiger partial charge in [0.2, 0.25) is 0 Å². The molecule has 1 aliphatic carbocycles. The molecule has 2 nitrogen and oxygen atoms in total. The van der Waals surface area contributed by atoms with Gasteiger partial charge >= 0.3 is 0 Å². The van der Waals surface area contributed by atoms with Crippen molar-refractivity contribution >= 4 is 0 Å². The number of nitrogens with one attached hydrogen (secondary N) is 1. The normalized spacial score (nSPS) is 49.7. The van der Waals surface area contributed by atoms with Crippen molar-refractivity contribution in [3.63, 3.8) is 0 Å². The fourth-order valence-corrected chi connectivity index (χ4v) is 2.13. The van der Waals surface area contributed by atoms with Crippen molar-refractivity contribution in [1.29, 1.82) is 0 Å². The molecule has 2 aliphatic rings. The van der Waals surface area contributed by atoms with Gasteiger partial charge in [-0.3, -0.25) is 0 Å². The van der Waals surface area contributed by atoms with Crippen molar-refractivity contribution < 1.29 is 5.11 Å². The maximum atomic E-state index is 9.34. The molecule has 0 spiro atoms. The Bertz CT molecular complexity index is 115. The predicted octanol–water partition coefficient (Wildman–Crippen LogP) is 0.119. The van der Waals surface area contributed by atoms with Gasteiger partial charge in [0.15, 0.2) is 0 Å². The van der Waals surface area contributed by atoms with E-state index < -0.39 is 0 Å². The first-order valence-electron chi connectivity index (χ1n) is 3.79. The molecule has 1 aliphatic heterocycles. The maximum Gasteiger partial charge on any atom is 0.0707 e. The highest BCUT2D eigenvalue weighted by Gasteiger charge is 2.37. The van der Waals surface area contributed by atoms with Gasteiger partial charge in [-0.05, 0) is 12.8 Å². The Morgan fingerprint density at radius 2 is 2.22 bits per heavy atom. The van der Waals surface area contributed by atoms with Crippen LogP contribution in [0.2, 0.25) is 0 Å². The number of aliphatic hydroxyl groups excluding tert-OH is 1. The number of β-amino-alcohol motifs (C(OH)–C–C–N with tert-alkyl or cyclic N) is 1. The van der Waals surface area contributed by atoms with Crippen molar-refractivity contribution in [3.05, 3.63) is 0 Å². The van der Waals surface area contributed by atoms with Crippen LogP contribution in [-0.4, -0.2) is 23.8 Å². The number of fused-ring (bicyclic) bond motifs is 1. The van der Waals surface area contributed by atoms with Crippen LogP contribution in [0.3, 0.4) is 0 Å². The van der Waals surface area contributed by atoms with E-state index in [9.17, 15) is 5.11 Å². The number of hydrogen-bond donors (Lipinski definition) is 2. The lowest BCUT2D eigenvalue weighted by Gasteiger charge is -2.09. The standard InChI is InChI=1S/C7H13NO/c9-7-4-8-6-3-1-2-5(6)7/h5-9H,1-4H2. The summed E-state index contributed by atoms with van der Waals surface area (Å²) in [7, 11) is 0. The molecule has 0 aromatic rings. The third kappa shape index (κ3) is 0.775. The van der Waals surface area contributed by atoms with Crippen LogP contribution >= 0.6 is 0 Å². The second-order valence-corrected chi connectivity index (χ2v) is 3.18. The molecule has 3 atom stereocenters. The summed E-state index contributed by atoms with van der Waals surface area (Å²) in [6, 6.07) is 0.653. The fraction of sp³-hybridized carbons (Fsp3) is 1.00. The van der Waals surface area contributed by atoms with Crippen LogP contribution in [0.25, 0.3) is 0 Å². The molecule has 9 heavy (non-hydrogen) atoms. The molecule has 0 amide bonds. The van der Waals surface area contributed by atoms with Crippen LogP contribution in [0.1, 0.15) is 19.3 Å². The largest absolute Gasteiger partial charge is 0.391 e. The molecule has 3 unspecified atom stereocenters. The van der Waals surface area contributed by atoms with Gasteiger partial charge in [0.1, 0.15) is 0 Å². The third-order valence-electron chi connectivity index (χ3n) is 2.65. The minimum atomic E-state index is -0.0440. The van der Waals surface area contributed by atoms with Gasteiger partial charge < -0.3 is 10.4 Å². The van der Waals surface area contributed by atoms with Gasteiger partial charge in [-0.25, -0.2) is 0 Å². The molecule has 52 valence electrons. The van der Waals surface area contributed by atoms with E-state index in [0.29, 0.717) is 12.0 Å². The Balaban J connectivity index is 2.07. The third-order valence-corrected chi connectivity index (χ3v) is 2.65. The molecule has 1 saturated carbocycles. The monoisotopic (exact) mass is 127 g/mol. The van der Waals surface area contributed by atoms with Crippen LogP contribution in [0.15, 0.2) is 0 Å². The Labute approximate surface area is 55.3 Å². The Kier molecular flexibility index (Phi) is 1.24. The van der Waals surface area contributed by atoms with Crippen LogP contribution in [0.5, 0.6) is 0 Å². The van der Waals surface area contributed by atoms with E-state index in [1.165, 1.54) is 19.3 Å². The van der Waals surface area contributed by atoms with Crippen LogP contribution in [-0.2, 0) is 0 Å². The van der Waals surface area contributed by atoms with Crippen molar-refractivity contribution in [2.45, 2.75) is 31.4 Å².